The number of amides is 1. The van der Waals surface area contributed by atoms with E-state index in [0.29, 0.717) is 26.1 Å². The molecule has 2 aliphatic rings. The topological polar surface area (TPSA) is 57.7 Å². The summed E-state index contributed by atoms with van der Waals surface area (Å²) in [5, 5.41) is 0. The van der Waals surface area contributed by atoms with Crippen molar-refractivity contribution in [2.75, 3.05) is 30.3 Å². The van der Waals surface area contributed by atoms with E-state index in [0.717, 1.165) is 12.1 Å². The first-order valence-electron chi connectivity index (χ1n) is 7.29. The van der Waals surface area contributed by atoms with Crippen molar-refractivity contribution >= 4 is 21.6 Å². The van der Waals surface area contributed by atoms with Gasteiger partial charge in [-0.25, -0.2) is 12.7 Å². The number of sulfonamides is 1. The molecule has 0 aromatic heterocycles. The Morgan fingerprint density at radius 2 is 1.90 bits per heavy atom. The quantitative estimate of drug-likeness (QED) is 0.849. The van der Waals surface area contributed by atoms with Crippen molar-refractivity contribution in [3.8, 4) is 0 Å². The van der Waals surface area contributed by atoms with Gasteiger partial charge in [-0.1, -0.05) is 18.2 Å². The Balaban J connectivity index is 1.79. The molecule has 2 saturated heterocycles. The van der Waals surface area contributed by atoms with E-state index in [1.807, 2.05) is 30.3 Å². The number of nitrogens with zero attached hydrogens (tertiary/aromatic N) is 2. The molecule has 21 heavy (non-hydrogen) atoms. The van der Waals surface area contributed by atoms with Gasteiger partial charge in [0.2, 0.25) is 15.9 Å². The molecule has 1 spiro atoms. The maximum absolute atomic E-state index is 12.3. The highest BCUT2D eigenvalue weighted by Crippen LogP contribution is 2.42. The number of hydrogen-bond acceptors (Lipinski definition) is 3. The van der Waals surface area contributed by atoms with Crippen molar-refractivity contribution < 1.29 is 13.2 Å². The lowest BCUT2D eigenvalue weighted by molar-refractivity contribution is -0.117. The Hall–Kier alpha value is -1.40. The number of carbonyl (C=O) groups excluding carboxylic acids is 1. The van der Waals surface area contributed by atoms with Gasteiger partial charge >= 0.3 is 0 Å². The van der Waals surface area contributed by atoms with E-state index in [2.05, 4.69) is 0 Å². The SMILES string of the molecule is CCS(=O)(=O)N1CC[C@]2(CC(=O)N(c3ccccc3)C2)C1. The van der Waals surface area contributed by atoms with E-state index in [1.54, 1.807) is 16.1 Å². The zero-order chi connectivity index (χ0) is 15.1. The molecular formula is C15H20N2O3S. The fraction of sp³-hybridized carbons (Fsp3) is 0.533. The van der Waals surface area contributed by atoms with Crippen molar-refractivity contribution in [3.63, 3.8) is 0 Å². The van der Waals surface area contributed by atoms with Crippen LogP contribution in [0, 0.1) is 5.41 Å². The van der Waals surface area contributed by atoms with Crippen LogP contribution in [0.15, 0.2) is 30.3 Å². The molecule has 0 aliphatic carbocycles. The average molecular weight is 308 g/mol. The molecule has 6 heteroatoms. The van der Waals surface area contributed by atoms with Gasteiger partial charge in [0.25, 0.3) is 0 Å². The lowest BCUT2D eigenvalue weighted by atomic mass is 9.86. The van der Waals surface area contributed by atoms with Crippen LogP contribution in [0.3, 0.4) is 0 Å². The molecule has 0 radical (unpaired) electrons. The van der Waals surface area contributed by atoms with Crippen LogP contribution in [0.5, 0.6) is 0 Å². The summed E-state index contributed by atoms with van der Waals surface area (Å²) in [6.45, 7) is 3.28. The van der Waals surface area contributed by atoms with Crippen molar-refractivity contribution in [1.82, 2.24) is 4.31 Å². The first kappa shape index (κ1) is 14.5. The summed E-state index contributed by atoms with van der Waals surface area (Å²) in [4.78, 5) is 14.1. The zero-order valence-electron chi connectivity index (χ0n) is 12.2. The number of carbonyl (C=O) groups is 1. The van der Waals surface area contributed by atoms with Crippen LogP contribution in [0.1, 0.15) is 19.8 Å². The number of para-hydroxylation sites is 1. The van der Waals surface area contributed by atoms with Crippen LogP contribution in [0.25, 0.3) is 0 Å². The van der Waals surface area contributed by atoms with Gasteiger partial charge in [-0.05, 0) is 25.5 Å². The van der Waals surface area contributed by atoms with Crippen LogP contribution in [0.2, 0.25) is 0 Å². The lowest BCUT2D eigenvalue weighted by Crippen LogP contribution is -2.34. The second kappa shape index (κ2) is 5.10. The fourth-order valence-corrected chi connectivity index (χ4v) is 4.53. The molecule has 0 bridgehead atoms. The summed E-state index contributed by atoms with van der Waals surface area (Å²) in [5.74, 6) is 0.219. The van der Waals surface area contributed by atoms with E-state index in [1.165, 1.54) is 0 Å². The number of rotatable bonds is 3. The molecular weight excluding hydrogens is 288 g/mol. The molecule has 114 valence electrons. The molecule has 2 heterocycles. The molecule has 1 aromatic carbocycles. The summed E-state index contributed by atoms with van der Waals surface area (Å²) in [5.41, 5.74) is 0.686. The van der Waals surface area contributed by atoms with Crippen molar-refractivity contribution in [2.45, 2.75) is 19.8 Å². The maximum Gasteiger partial charge on any atom is 0.227 e. The number of hydrogen-bond donors (Lipinski definition) is 0. The molecule has 2 aliphatic heterocycles. The summed E-state index contributed by atoms with van der Waals surface area (Å²) >= 11 is 0. The van der Waals surface area contributed by atoms with Gasteiger partial charge in [-0.3, -0.25) is 4.79 Å². The third-order valence-electron chi connectivity index (χ3n) is 4.55. The third-order valence-corrected chi connectivity index (χ3v) is 6.38. The van der Waals surface area contributed by atoms with Crippen LogP contribution < -0.4 is 4.90 Å². The first-order valence-corrected chi connectivity index (χ1v) is 8.90. The Morgan fingerprint density at radius 1 is 1.19 bits per heavy atom. The van der Waals surface area contributed by atoms with E-state index >= 15 is 0 Å². The van der Waals surface area contributed by atoms with Crippen molar-refractivity contribution in [3.05, 3.63) is 30.3 Å². The smallest absolute Gasteiger partial charge is 0.227 e. The predicted octanol–water partition coefficient (Wildman–Crippen LogP) is 1.47. The van der Waals surface area contributed by atoms with Gasteiger partial charge in [0, 0.05) is 37.2 Å². The Kier molecular flexibility index (Phi) is 3.53. The fourth-order valence-electron chi connectivity index (χ4n) is 3.33. The molecule has 2 fully saturated rings. The molecule has 1 amide bonds. The van der Waals surface area contributed by atoms with E-state index in [-0.39, 0.29) is 17.1 Å². The minimum atomic E-state index is -3.16. The Bertz CT molecular complexity index is 644. The van der Waals surface area contributed by atoms with Gasteiger partial charge in [-0.15, -0.1) is 0 Å². The second-order valence-electron chi connectivity index (χ2n) is 5.98. The summed E-state index contributed by atoms with van der Waals surface area (Å²) in [7, 11) is -3.16. The van der Waals surface area contributed by atoms with Crippen LogP contribution >= 0.6 is 0 Å². The summed E-state index contributed by atoms with van der Waals surface area (Å²) in [6, 6.07) is 9.59. The predicted molar refractivity (Wildman–Crippen MR) is 81.5 cm³/mol. The van der Waals surface area contributed by atoms with Crippen LogP contribution in [-0.4, -0.2) is 44.0 Å². The van der Waals surface area contributed by atoms with Gasteiger partial charge in [0.1, 0.15) is 0 Å². The molecule has 0 saturated carbocycles. The minimum absolute atomic E-state index is 0.0944. The summed E-state index contributed by atoms with van der Waals surface area (Å²) < 4.78 is 25.6. The number of anilines is 1. The zero-order valence-corrected chi connectivity index (χ0v) is 13.0. The van der Waals surface area contributed by atoms with E-state index < -0.39 is 10.0 Å². The molecule has 5 nitrogen and oxygen atoms in total. The van der Waals surface area contributed by atoms with Crippen LogP contribution in [-0.2, 0) is 14.8 Å². The van der Waals surface area contributed by atoms with E-state index in [4.69, 9.17) is 0 Å². The standard InChI is InChI=1S/C15H20N2O3S/c1-2-21(19,20)16-9-8-15(11-16)10-14(18)17(12-15)13-6-4-3-5-7-13/h3-7H,2,8-12H2,1H3/t15-/m0/s1. The van der Waals surface area contributed by atoms with E-state index in [9.17, 15) is 13.2 Å². The second-order valence-corrected chi connectivity index (χ2v) is 8.23. The molecule has 1 aromatic rings. The normalized spacial score (nSPS) is 26.9. The van der Waals surface area contributed by atoms with Gasteiger partial charge in [0.15, 0.2) is 0 Å². The molecule has 1 atom stereocenters. The van der Waals surface area contributed by atoms with Crippen molar-refractivity contribution in [1.29, 1.82) is 0 Å². The lowest BCUT2D eigenvalue weighted by Gasteiger charge is -2.24. The molecule has 0 unspecified atom stereocenters. The molecule has 0 N–H and O–H groups in total. The first-order chi connectivity index (χ1) is 9.96. The van der Waals surface area contributed by atoms with Crippen molar-refractivity contribution in [2.24, 2.45) is 5.41 Å². The summed E-state index contributed by atoms with van der Waals surface area (Å²) in [6.07, 6.45) is 1.21. The van der Waals surface area contributed by atoms with Crippen LogP contribution in [0.4, 0.5) is 5.69 Å². The highest BCUT2D eigenvalue weighted by atomic mass is 32.2. The maximum atomic E-state index is 12.3. The van der Waals surface area contributed by atoms with Gasteiger partial charge in [0.05, 0.1) is 5.75 Å². The minimum Gasteiger partial charge on any atom is -0.312 e. The number of benzene rings is 1. The largest absolute Gasteiger partial charge is 0.312 e. The monoisotopic (exact) mass is 308 g/mol. The van der Waals surface area contributed by atoms with Gasteiger partial charge < -0.3 is 4.90 Å². The Labute approximate surface area is 125 Å². The Morgan fingerprint density at radius 3 is 2.57 bits per heavy atom. The van der Waals surface area contributed by atoms with Gasteiger partial charge in [-0.2, -0.15) is 0 Å². The highest BCUT2D eigenvalue weighted by molar-refractivity contribution is 7.89. The average Bonchev–Trinajstić information content (AvgIpc) is 3.04. The highest BCUT2D eigenvalue weighted by Gasteiger charge is 2.49. The molecule has 3 rings (SSSR count). The third kappa shape index (κ3) is 2.58.